The molecule has 0 atom stereocenters. The maximum Gasteiger partial charge on any atom is 0.328 e. The van der Waals surface area contributed by atoms with Crippen LogP contribution in [0, 0.1) is 10.1 Å². The molecule has 1 saturated carbocycles. The van der Waals surface area contributed by atoms with Gasteiger partial charge in [-0.05, 0) is 12.8 Å². The number of nitrogens with zero attached hydrogens (tertiary/aromatic N) is 3. The Morgan fingerprint density at radius 1 is 1.26 bits per heavy atom. The maximum atomic E-state index is 12.1. The Kier molecular flexibility index (Phi) is 2.70. The number of benzene rings is 1. The molecular weight excluding hydrogens is 246 g/mol. The van der Waals surface area contributed by atoms with E-state index in [4.69, 9.17) is 0 Å². The molecule has 0 N–H and O–H groups in total. The Balaban J connectivity index is 1.93. The number of nitro benzene ring substituents is 1. The summed E-state index contributed by atoms with van der Waals surface area (Å²) in [6.45, 7) is 0.232. The summed E-state index contributed by atoms with van der Waals surface area (Å²) in [5.74, 6) is 0. The van der Waals surface area contributed by atoms with E-state index in [1.165, 1.54) is 10.6 Å². The minimum Gasteiger partial charge on any atom is -0.296 e. The summed E-state index contributed by atoms with van der Waals surface area (Å²) in [6, 6.07) is 6.82. The van der Waals surface area contributed by atoms with Crippen LogP contribution in [0.5, 0.6) is 0 Å². The van der Waals surface area contributed by atoms with Gasteiger partial charge in [0, 0.05) is 30.1 Å². The summed E-state index contributed by atoms with van der Waals surface area (Å²) in [7, 11) is 0. The van der Waals surface area contributed by atoms with E-state index >= 15 is 0 Å². The van der Waals surface area contributed by atoms with Crippen molar-refractivity contribution in [3.63, 3.8) is 0 Å². The highest BCUT2D eigenvalue weighted by Gasteiger charge is 2.25. The molecule has 0 amide bonds. The molecule has 1 fully saturated rings. The fourth-order valence-corrected chi connectivity index (χ4v) is 2.19. The molecule has 2 aromatic rings. The van der Waals surface area contributed by atoms with Crippen molar-refractivity contribution in [3.05, 3.63) is 62.8 Å². The first kappa shape index (κ1) is 11.7. The van der Waals surface area contributed by atoms with Crippen LogP contribution >= 0.6 is 0 Å². The molecule has 1 aromatic heterocycles. The normalized spacial score (nSPS) is 14.5. The monoisotopic (exact) mass is 259 g/mol. The van der Waals surface area contributed by atoms with Crippen molar-refractivity contribution in [1.82, 2.24) is 9.13 Å². The molecule has 0 bridgehead atoms. The average molecular weight is 259 g/mol. The van der Waals surface area contributed by atoms with Crippen molar-refractivity contribution < 1.29 is 4.92 Å². The number of hydrogen-bond acceptors (Lipinski definition) is 3. The van der Waals surface area contributed by atoms with E-state index in [1.54, 1.807) is 35.2 Å². The lowest BCUT2D eigenvalue weighted by molar-refractivity contribution is -0.385. The SMILES string of the molecule is O=c1n(Cc2ccccc2[N+](=O)[O-])ccn1C1CC1. The first-order chi connectivity index (χ1) is 9.16. The number of imidazole rings is 1. The highest BCUT2D eigenvalue weighted by Crippen LogP contribution is 2.33. The highest BCUT2D eigenvalue weighted by molar-refractivity contribution is 5.39. The van der Waals surface area contributed by atoms with Crippen molar-refractivity contribution in [2.45, 2.75) is 25.4 Å². The van der Waals surface area contributed by atoms with E-state index in [2.05, 4.69) is 0 Å². The molecule has 6 heteroatoms. The number of nitro groups is 1. The van der Waals surface area contributed by atoms with E-state index in [-0.39, 0.29) is 17.9 Å². The molecule has 0 unspecified atom stereocenters. The molecule has 98 valence electrons. The van der Waals surface area contributed by atoms with Crippen molar-refractivity contribution in [2.24, 2.45) is 0 Å². The van der Waals surface area contributed by atoms with Crippen LogP contribution in [0.4, 0.5) is 5.69 Å². The van der Waals surface area contributed by atoms with Crippen molar-refractivity contribution in [1.29, 1.82) is 0 Å². The first-order valence-corrected chi connectivity index (χ1v) is 6.16. The van der Waals surface area contributed by atoms with Crippen LogP contribution in [0.3, 0.4) is 0 Å². The maximum absolute atomic E-state index is 12.1. The molecule has 6 nitrogen and oxygen atoms in total. The molecule has 1 aromatic carbocycles. The molecule has 0 aliphatic heterocycles. The van der Waals surface area contributed by atoms with Crippen molar-refractivity contribution in [2.75, 3.05) is 0 Å². The quantitative estimate of drug-likeness (QED) is 0.622. The zero-order valence-corrected chi connectivity index (χ0v) is 10.2. The Morgan fingerprint density at radius 3 is 2.68 bits per heavy atom. The molecule has 19 heavy (non-hydrogen) atoms. The summed E-state index contributed by atoms with van der Waals surface area (Å²) >= 11 is 0. The lowest BCUT2D eigenvalue weighted by Crippen LogP contribution is -2.24. The van der Waals surface area contributed by atoms with E-state index in [0.29, 0.717) is 11.6 Å². The zero-order valence-electron chi connectivity index (χ0n) is 10.2. The molecular formula is C13H13N3O3. The van der Waals surface area contributed by atoms with Crippen LogP contribution in [0.15, 0.2) is 41.5 Å². The zero-order chi connectivity index (χ0) is 13.4. The second-order valence-electron chi connectivity index (χ2n) is 4.73. The van der Waals surface area contributed by atoms with Crippen LogP contribution in [0.1, 0.15) is 24.4 Å². The first-order valence-electron chi connectivity index (χ1n) is 6.16. The molecule has 1 aliphatic carbocycles. The minimum atomic E-state index is -0.418. The lowest BCUT2D eigenvalue weighted by atomic mass is 10.2. The van der Waals surface area contributed by atoms with Crippen LogP contribution in [-0.4, -0.2) is 14.1 Å². The second kappa shape index (κ2) is 4.38. The second-order valence-corrected chi connectivity index (χ2v) is 4.73. The Morgan fingerprint density at radius 2 is 2.00 bits per heavy atom. The number of rotatable bonds is 4. The number of hydrogen-bond donors (Lipinski definition) is 0. The topological polar surface area (TPSA) is 70.1 Å². The van der Waals surface area contributed by atoms with Gasteiger partial charge >= 0.3 is 5.69 Å². The lowest BCUT2D eigenvalue weighted by Gasteiger charge is -2.03. The highest BCUT2D eigenvalue weighted by atomic mass is 16.6. The molecule has 0 spiro atoms. The Hall–Kier alpha value is -2.37. The van der Waals surface area contributed by atoms with Crippen molar-refractivity contribution in [3.8, 4) is 0 Å². The number of para-hydroxylation sites is 1. The van der Waals surface area contributed by atoms with E-state index in [0.717, 1.165) is 12.8 Å². The summed E-state index contributed by atoms with van der Waals surface area (Å²) in [4.78, 5) is 22.6. The van der Waals surface area contributed by atoms with Gasteiger partial charge in [-0.25, -0.2) is 4.79 Å². The van der Waals surface area contributed by atoms with Gasteiger partial charge in [-0.1, -0.05) is 18.2 Å². The third kappa shape index (κ3) is 2.16. The predicted molar refractivity (Wildman–Crippen MR) is 69.2 cm³/mol. The number of aromatic nitrogens is 2. The van der Waals surface area contributed by atoms with Gasteiger partial charge in [-0.3, -0.25) is 19.2 Å². The van der Waals surface area contributed by atoms with Crippen molar-refractivity contribution >= 4 is 5.69 Å². The third-order valence-corrected chi connectivity index (χ3v) is 3.34. The van der Waals surface area contributed by atoms with Gasteiger partial charge in [0.2, 0.25) is 0 Å². The van der Waals surface area contributed by atoms with E-state index < -0.39 is 4.92 Å². The Labute approximate surface area is 109 Å². The van der Waals surface area contributed by atoms with Gasteiger partial charge in [0.1, 0.15) is 0 Å². The standard InChI is InChI=1S/C13H13N3O3/c17-13-14(7-8-15(13)11-5-6-11)9-10-3-1-2-4-12(10)16(18)19/h1-4,7-8,11H,5-6,9H2. The summed E-state index contributed by atoms with van der Waals surface area (Å²) in [5.41, 5.74) is 0.498. The van der Waals surface area contributed by atoms with E-state index in [9.17, 15) is 14.9 Å². The smallest absolute Gasteiger partial charge is 0.296 e. The minimum absolute atomic E-state index is 0.0496. The van der Waals surface area contributed by atoms with Crippen LogP contribution in [0.25, 0.3) is 0 Å². The van der Waals surface area contributed by atoms with Gasteiger partial charge in [0.15, 0.2) is 0 Å². The largest absolute Gasteiger partial charge is 0.328 e. The van der Waals surface area contributed by atoms with Crippen LogP contribution in [-0.2, 0) is 6.54 Å². The average Bonchev–Trinajstić information content (AvgIpc) is 3.17. The summed E-state index contributed by atoms with van der Waals surface area (Å²) in [6.07, 6.45) is 5.52. The van der Waals surface area contributed by atoms with Crippen LogP contribution < -0.4 is 5.69 Å². The predicted octanol–water partition coefficient (Wildman–Crippen LogP) is 1.94. The fraction of sp³-hybridized carbons (Fsp3) is 0.308. The molecule has 1 aliphatic rings. The van der Waals surface area contributed by atoms with Crippen LogP contribution in [0.2, 0.25) is 0 Å². The van der Waals surface area contributed by atoms with Gasteiger partial charge in [-0.2, -0.15) is 0 Å². The molecule has 0 saturated heterocycles. The molecule has 0 radical (unpaired) electrons. The summed E-state index contributed by atoms with van der Waals surface area (Å²) < 4.78 is 3.22. The summed E-state index contributed by atoms with van der Waals surface area (Å²) in [5, 5.41) is 10.9. The molecule has 3 rings (SSSR count). The fourth-order valence-electron chi connectivity index (χ4n) is 2.19. The molecule has 1 heterocycles. The van der Waals surface area contributed by atoms with Gasteiger partial charge < -0.3 is 0 Å². The van der Waals surface area contributed by atoms with Gasteiger partial charge in [-0.15, -0.1) is 0 Å². The van der Waals surface area contributed by atoms with E-state index in [1.807, 2.05) is 0 Å². The third-order valence-electron chi connectivity index (χ3n) is 3.34. The van der Waals surface area contributed by atoms with Gasteiger partial charge in [0.25, 0.3) is 5.69 Å². The van der Waals surface area contributed by atoms with Gasteiger partial charge in [0.05, 0.1) is 11.5 Å². The Bertz CT molecular complexity index is 682.